The smallest absolute Gasteiger partial charge is 0.150 e. The zero-order valence-corrected chi connectivity index (χ0v) is 10.4. The molecule has 0 atom stereocenters. The number of aromatic nitrogens is 1. The van der Waals surface area contributed by atoms with Crippen molar-refractivity contribution in [2.24, 2.45) is 0 Å². The molecular weight excluding hydrogens is 224 g/mol. The molecular formula is C15H16N2O. The first-order valence-corrected chi connectivity index (χ1v) is 5.95. The van der Waals surface area contributed by atoms with Crippen molar-refractivity contribution in [2.45, 2.75) is 6.42 Å². The summed E-state index contributed by atoms with van der Waals surface area (Å²) < 4.78 is 0. The van der Waals surface area contributed by atoms with Crippen LogP contribution in [0, 0.1) is 0 Å². The lowest BCUT2D eigenvalue weighted by Gasteiger charge is -2.19. The molecule has 0 N–H and O–H groups in total. The summed E-state index contributed by atoms with van der Waals surface area (Å²) in [5, 5.41) is 0. The Morgan fingerprint density at radius 2 is 1.78 bits per heavy atom. The second-order valence-electron chi connectivity index (χ2n) is 4.24. The minimum Gasteiger partial charge on any atom is -0.374 e. The highest BCUT2D eigenvalue weighted by Crippen LogP contribution is 2.13. The molecule has 0 aliphatic rings. The molecule has 1 aromatic carbocycles. The maximum atomic E-state index is 10.6. The molecule has 0 bridgehead atoms. The molecule has 3 nitrogen and oxygen atoms in total. The second-order valence-corrected chi connectivity index (χ2v) is 4.24. The Morgan fingerprint density at radius 1 is 1.11 bits per heavy atom. The summed E-state index contributed by atoms with van der Waals surface area (Å²) in [6, 6.07) is 11.7. The standard InChI is InChI=1S/C15H16N2O/c1-17(11-8-13-6-9-16-10-7-13)15-4-2-14(12-18)3-5-15/h2-7,9-10,12H,8,11H2,1H3. The molecule has 0 fully saturated rings. The molecule has 2 rings (SSSR count). The summed E-state index contributed by atoms with van der Waals surface area (Å²) in [7, 11) is 2.05. The molecule has 0 spiro atoms. The van der Waals surface area contributed by atoms with Gasteiger partial charge in [-0.15, -0.1) is 0 Å². The lowest BCUT2D eigenvalue weighted by molar-refractivity contribution is 0.112. The Bertz CT molecular complexity index is 494. The molecule has 0 aliphatic carbocycles. The van der Waals surface area contributed by atoms with Gasteiger partial charge in [0, 0.05) is 37.2 Å². The van der Waals surface area contributed by atoms with Crippen LogP contribution in [0.5, 0.6) is 0 Å². The summed E-state index contributed by atoms with van der Waals surface area (Å²) in [6.07, 6.45) is 5.47. The van der Waals surface area contributed by atoms with Gasteiger partial charge in [-0.2, -0.15) is 0 Å². The number of rotatable bonds is 5. The van der Waals surface area contributed by atoms with E-state index in [0.29, 0.717) is 5.56 Å². The van der Waals surface area contributed by atoms with Crippen molar-refractivity contribution in [2.75, 3.05) is 18.5 Å². The van der Waals surface area contributed by atoms with Crippen molar-refractivity contribution in [3.63, 3.8) is 0 Å². The Kier molecular flexibility index (Phi) is 4.07. The minimum atomic E-state index is 0.710. The largest absolute Gasteiger partial charge is 0.374 e. The Balaban J connectivity index is 1.94. The molecule has 92 valence electrons. The van der Waals surface area contributed by atoms with E-state index in [1.165, 1.54) is 5.56 Å². The fourth-order valence-electron chi connectivity index (χ4n) is 1.78. The van der Waals surface area contributed by atoms with Crippen molar-refractivity contribution in [3.8, 4) is 0 Å². The summed E-state index contributed by atoms with van der Waals surface area (Å²) >= 11 is 0. The average molecular weight is 240 g/mol. The number of hydrogen-bond acceptors (Lipinski definition) is 3. The van der Waals surface area contributed by atoms with Crippen LogP contribution >= 0.6 is 0 Å². The number of pyridine rings is 1. The van der Waals surface area contributed by atoms with Crippen molar-refractivity contribution in [1.82, 2.24) is 4.98 Å². The van der Waals surface area contributed by atoms with Crippen molar-refractivity contribution in [1.29, 1.82) is 0 Å². The van der Waals surface area contributed by atoms with Gasteiger partial charge in [-0.25, -0.2) is 0 Å². The van der Waals surface area contributed by atoms with Gasteiger partial charge in [0.05, 0.1) is 0 Å². The van der Waals surface area contributed by atoms with E-state index in [4.69, 9.17) is 0 Å². The van der Waals surface area contributed by atoms with Gasteiger partial charge in [-0.1, -0.05) is 0 Å². The summed E-state index contributed by atoms with van der Waals surface area (Å²) in [4.78, 5) is 16.8. The van der Waals surface area contributed by atoms with Crippen LogP contribution < -0.4 is 4.90 Å². The fraction of sp³-hybridized carbons (Fsp3) is 0.200. The predicted octanol–water partition coefficient (Wildman–Crippen LogP) is 2.57. The summed E-state index contributed by atoms with van der Waals surface area (Å²) in [5.41, 5.74) is 3.11. The SMILES string of the molecule is CN(CCc1ccncc1)c1ccc(C=O)cc1. The molecule has 0 saturated heterocycles. The van der Waals surface area contributed by atoms with E-state index in [1.807, 2.05) is 48.8 Å². The predicted molar refractivity (Wildman–Crippen MR) is 73.0 cm³/mol. The third kappa shape index (κ3) is 3.17. The van der Waals surface area contributed by atoms with Crippen molar-refractivity contribution < 1.29 is 4.79 Å². The number of nitrogens with zero attached hydrogens (tertiary/aromatic N) is 2. The molecule has 1 heterocycles. The lowest BCUT2D eigenvalue weighted by Crippen LogP contribution is -2.20. The van der Waals surface area contributed by atoms with Crippen LogP contribution in [0.15, 0.2) is 48.8 Å². The number of aldehydes is 1. The van der Waals surface area contributed by atoms with Crippen LogP contribution in [0.25, 0.3) is 0 Å². The second kappa shape index (κ2) is 5.96. The first kappa shape index (κ1) is 12.3. The van der Waals surface area contributed by atoms with E-state index in [-0.39, 0.29) is 0 Å². The highest BCUT2D eigenvalue weighted by molar-refractivity contribution is 5.75. The molecule has 0 radical (unpaired) electrons. The van der Waals surface area contributed by atoms with Crippen LogP contribution in [0.3, 0.4) is 0 Å². The van der Waals surface area contributed by atoms with Gasteiger partial charge in [-0.3, -0.25) is 9.78 Å². The highest BCUT2D eigenvalue weighted by Gasteiger charge is 2.01. The van der Waals surface area contributed by atoms with Crippen LogP contribution in [0.2, 0.25) is 0 Å². The number of anilines is 1. The maximum Gasteiger partial charge on any atom is 0.150 e. The molecule has 3 heteroatoms. The van der Waals surface area contributed by atoms with E-state index in [2.05, 4.69) is 16.9 Å². The van der Waals surface area contributed by atoms with E-state index in [0.717, 1.165) is 24.9 Å². The first-order chi connectivity index (χ1) is 8.79. The minimum absolute atomic E-state index is 0.710. The number of likely N-dealkylation sites (N-methyl/N-ethyl adjacent to an activating group) is 1. The van der Waals surface area contributed by atoms with Gasteiger partial charge in [0.15, 0.2) is 0 Å². The van der Waals surface area contributed by atoms with Crippen LogP contribution in [-0.2, 0) is 6.42 Å². The van der Waals surface area contributed by atoms with Gasteiger partial charge in [0.1, 0.15) is 6.29 Å². The number of carbonyl (C=O) groups excluding carboxylic acids is 1. The first-order valence-electron chi connectivity index (χ1n) is 5.95. The zero-order valence-electron chi connectivity index (χ0n) is 10.4. The molecule has 18 heavy (non-hydrogen) atoms. The molecule has 0 unspecified atom stereocenters. The van der Waals surface area contributed by atoms with Crippen LogP contribution in [0.1, 0.15) is 15.9 Å². The van der Waals surface area contributed by atoms with E-state index < -0.39 is 0 Å². The normalized spacial score (nSPS) is 10.1. The third-order valence-electron chi connectivity index (χ3n) is 2.96. The summed E-state index contributed by atoms with van der Waals surface area (Å²) in [6.45, 7) is 0.935. The number of hydrogen-bond donors (Lipinski definition) is 0. The van der Waals surface area contributed by atoms with Crippen LogP contribution in [-0.4, -0.2) is 24.9 Å². The average Bonchev–Trinajstić information content (AvgIpc) is 2.46. The van der Waals surface area contributed by atoms with Crippen molar-refractivity contribution >= 4 is 12.0 Å². The van der Waals surface area contributed by atoms with Crippen LogP contribution in [0.4, 0.5) is 5.69 Å². The number of benzene rings is 1. The number of carbonyl (C=O) groups is 1. The fourth-order valence-corrected chi connectivity index (χ4v) is 1.78. The molecule has 1 aromatic heterocycles. The van der Waals surface area contributed by atoms with E-state index in [9.17, 15) is 4.79 Å². The van der Waals surface area contributed by atoms with Crippen molar-refractivity contribution in [3.05, 3.63) is 59.9 Å². The van der Waals surface area contributed by atoms with Gasteiger partial charge < -0.3 is 4.90 Å². The Hall–Kier alpha value is -2.16. The van der Waals surface area contributed by atoms with Gasteiger partial charge >= 0.3 is 0 Å². The zero-order chi connectivity index (χ0) is 12.8. The maximum absolute atomic E-state index is 10.6. The van der Waals surface area contributed by atoms with E-state index >= 15 is 0 Å². The topological polar surface area (TPSA) is 33.2 Å². The quantitative estimate of drug-likeness (QED) is 0.753. The van der Waals surface area contributed by atoms with E-state index in [1.54, 1.807) is 0 Å². The molecule has 0 saturated carbocycles. The third-order valence-corrected chi connectivity index (χ3v) is 2.96. The Morgan fingerprint density at radius 3 is 2.39 bits per heavy atom. The lowest BCUT2D eigenvalue weighted by atomic mass is 10.1. The summed E-state index contributed by atoms with van der Waals surface area (Å²) in [5.74, 6) is 0. The van der Waals surface area contributed by atoms with Gasteiger partial charge in [0.25, 0.3) is 0 Å². The van der Waals surface area contributed by atoms with Gasteiger partial charge in [0.2, 0.25) is 0 Å². The highest BCUT2D eigenvalue weighted by atomic mass is 16.1. The molecule has 0 aliphatic heterocycles. The molecule has 2 aromatic rings. The molecule has 0 amide bonds. The monoisotopic (exact) mass is 240 g/mol. The Labute approximate surface area is 107 Å². The van der Waals surface area contributed by atoms with Gasteiger partial charge in [-0.05, 0) is 48.4 Å².